The highest BCUT2D eigenvalue weighted by atomic mass is 127. The molecule has 0 spiro atoms. The quantitative estimate of drug-likeness (QED) is 0.309. The standard InChI is InChI=1S/C18H29I/c1-3-4-5-6-7-8-9-10-11-16(2)17-12-14-18(19)15-13-17/h12-16H,3-11H2,1-2H3. The third kappa shape index (κ3) is 7.96. The molecule has 0 bridgehead atoms. The zero-order valence-corrected chi connectivity index (χ0v) is 14.8. The maximum absolute atomic E-state index is 2.37. The average Bonchev–Trinajstić information content (AvgIpc) is 2.42. The van der Waals surface area contributed by atoms with Crippen LogP contribution in [0, 0.1) is 3.57 Å². The van der Waals surface area contributed by atoms with Gasteiger partial charge in [-0.3, -0.25) is 0 Å². The molecule has 0 N–H and O–H groups in total. The van der Waals surface area contributed by atoms with E-state index in [-0.39, 0.29) is 0 Å². The van der Waals surface area contributed by atoms with Crippen LogP contribution in [0.1, 0.15) is 83.1 Å². The van der Waals surface area contributed by atoms with Crippen LogP contribution < -0.4 is 0 Å². The third-order valence-electron chi connectivity index (χ3n) is 3.93. The topological polar surface area (TPSA) is 0 Å². The highest BCUT2D eigenvalue weighted by Crippen LogP contribution is 2.23. The summed E-state index contributed by atoms with van der Waals surface area (Å²) >= 11 is 2.37. The predicted octanol–water partition coefficient (Wildman–Crippen LogP) is 6.93. The highest BCUT2D eigenvalue weighted by Gasteiger charge is 2.04. The smallest absolute Gasteiger partial charge is 0.0130 e. The van der Waals surface area contributed by atoms with Crippen LogP contribution in [0.25, 0.3) is 0 Å². The van der Waals surface area contributed by atoms with Gasteiger partial charge < -0.3 is 0 Å². The van der Waals surface area contributed by atoms with E-state index in [9.17, 15) is 0 Å². The van der Waals surface area contributed by atoms with Crippen molar-refractivity contribution in [3.05, 3.63) is 33.4 Å². The van der Waals surface area contributed by atoms with E-state index < -0.39 is 0 Å². The average molecular weight is 372 g/mol. The zero-order chi connectivity index (χ0) is 13.9. The second-order valence-corrected chi connectivity index (χ2v) is 6.96. The predicted molar refractivity (Wildman–Crippen MR) is 94.8 cm³/mol. The summed E-state index contributed by atoms with van der Waals surface area (Å²) in [6, 6.07) is 9.02. The molecule has 0 fully saturated rings. The summed E-state index contributed by atoms with van der Waals surface area (Å²) in [7, 11) is 0. The first kappa shape index (κ1) is 17.0. The molecule has 0 radical (unpaired) electrons. The van der Waals surface area contributed by atoms with Crippen LogP contribution in [0.2, 0.25) is 0 Å². The lowest BCUT2D eigenvalue weighted by Gasteiger charge is -2.11. The number of hydrogen-bond acceptors (Lipinski definition) is 0. The molecule has 1 rings (SSSR count). The summed E-state index contributed by atoms with van der Waals surface area (Å²) in [5.41, 5.74) is 1.50. The Morgan fingerprint density at radius 1 is 0.842 bits per heavy atom. The van der Waals surface area contributed by atoms with Gasteiger partial charge in [0.2, 0.25) is 0 Å². The first-order valence-electron chi connectivity index (χ1n) is 7.99. The van der Waals surface area contributed by atoms with Gasteiger partial charge in [-0.1, -0.05) is 77.3 Å². The molecule has 1 heteroatoms. The van der Waals surface area contributed by atoms with Crippen molar-refractivity contribution in [3.63, 3.8) is 0 Å². The molecule has 1 aromatic rings. The molecule has 0 amide bonds. The molecule has 0 heterocycles. The Morgan fingerprint density at radius 2 is 1.37 bits per heavy atom. The maximum atomic E-state index is 2.37. The number of halogens is 1. The summed E-state index contributed by atoms with van der Waals surface area (Å²) in [6.45, 7) is 4.65. The molecule has 1 atom stereocenters. The van der Waals surface area contributed by atoms with E-state index in [0.29, 0.717) is 0 Å². The lowest BCUT2D eigenvalue weighted by atomic mass is 9.95. The molecule has 1 aromatic carbocycles. The summed E-state index contributed by atoms with van der Waals surface area (Å²) in [5, 5.41) is 0. The maximum Gasteiger partial charge on any atom is 0.0130 e. The number of hydrogen-bond donors (Lipinski definition) is 0. The van der Waals surface area contributed by atoms with E-state index in [1.54, 1.807) is 0 Å². The Morgan fingerprint density at radius 3 is 1.95 bits per heavy atom. The minimum atomic E-state index is 0.720. The van der Waals surface area contributed by atoms with Gasteiger partial charge in [-0.2, -0.15) is 0 Å². The Balaban J connectivity index is 2.04. The molecular weight excluding hydrogens is 343 g/mol. The fourth-order valence-electron chi connectivity index (χ4n) is 2.54. The normalized spacial score (nSPS) is 12.6. The Hall–Kier alpha value is -0.0500. The monoisotopic (exact) mass is 372 g/mol. The van der Waals surface area contributed by atoms with Gasteiger partial charge in [0.1, 0.15) is 0 Å². The molecule has 108 valence electrons. The molecule has 0 nitrogen and oxygen atoms in total. The molecule has 0 aliphatic carbocycles. The van der Waals surface area contributed by atoms with Crippen LogP contribution in [-0.4, -0.2) is 0 Å². The minimum absolute atomic E-state index is 0.720. The first-order chi connectivity index (χ1) is 9.24. The lowest BCUT2D eigenvalue weighted by molar-refractivity contribution is 0.543. The number of rotatable bonds is 10. The van der Waals surface area contributed by atoms with Crippen LogP contribution >= 0.6 is 22.6 Å². The van der Waals surface area contributed by atoms with Crippen LogP contribution in [0.15, 0.2) is 24.3 Å². The molecule has 1 unspecified atom stereocenters. The van der Waals surface area contributed by atoms with E-state index in [1.165, 1.54) is 66.9 Å². The van der Waals surface area contributed by atoms with E-state index in [1.807, 2.05) is 0 Å². The first-order valence-corrected chi connectivity index (χ1v) is 9.07. The van der Waals surface area contributed by atoms with Crippen LogP contribution in [-0.2, 0) is 0 Å². The second kappa shape index (κ2) is 10.7. The molecule has 0 aliphatic heterocycles. The minimum Gasteiger partial charge on any atom is -0.0654 e. The fourth-order valence-corrected chi connectivity index (χ4v) is 2.90. The zero-order valence-electron chi connectivity index (χ0n) is 12.6. The lowest BCUT2D eigenvalue weighted by Crippen LogP contribution is -1.93. The van der Waals surface area contributed by atoms with Gasteiger partial charge in [0, 0.05) is 3.57 Å². The van der Waals surface area contributed by atoms with Gasteiger partial charge in [-0.05, 0) is 52.6 Å². The van der Waals surface area contributed by atoms with Crippen molar-refractivity contribution in [1.82, 2.24) is 0 Å². The van der Waals surface area contributed by atoms with E-state index >= 15 is 0 Å². The summed E-state index contributed by atoms with van der Waals surface area (Å²) in [4.78, 5) is 0. The van der Waals surface area contributed by atoms with Gasteiger partial charge >= 0.3 is 0 Å². The van der Waals surface area contributed by atoms with Crippen molar-refractivity contribution in [3.8, 4) is 0 Å². The molecule has 0 saturated carbocycles. The molecule has 0 saturated heterocycles. The van der Waals surface area contributed by atoms with E-state index in [2.05, 4.69) is 60.7 Å². The van der Waals surface area contributed by atoms with E-state index in [4.69, 9.17) is 0 Å². The molecule has 19 heavy (non-hydrogen) atoms. The van der Waals surface area contributed by atoms with Crippen LogP contribution in [0.5, 0.6) is 0 Å². The Bertz CT molecular complexity index is 315. The Labute approximate surface area is 133 Å². The van der Waals surface area contributed by atoms with Crippen molar-refractivity contribution in [2.24, 2.45) is 0 Å². The molecular formula is C18H29I. The SMILES string of the molecule is CCCCCCCCCCC(C)c1ccc(I)cc1. The van der Waals surface area contributed by atoms with Crippen molar-refractivity contribution < 1.29 is 0 Å². The third-order valence-corrected chi connectivity index (χ3v) is 4.65. The van der Waals surface area contributed by atoms with Gasteiger partial charge in [0.25, 0.3) is 0 Å². The largest absolute Gasteiger partial charge is 0.0654 e. The van der Waals surface area contributed by atoms with Crippen molar-refractivity contribution >= 4 is 22.6 Å². The van der Waals surface area contributed by atoms with E-state index in [0.717, 1.165) is 5.92 Å². The van der Waals surface area contributed by atoms with Crippen molar-refractivity contribution in [2.45, 2.75) is 77.6 Å². The fraction of sp³-hybridized carbons (Fsp3) is 0.667. The van der Waals surface area contributed by atoms with Gasteiger partial charge in [-0.25, -0.2) is 0 Å². The van der Waals surface area contributed by atoms with Crippen molar-refractivity contribution in [2.75, 3.05) is 0 Å². The summed E-state index contributed by atoms with van der Waals surface area (Å²) in [6.07, 6.45) is 12.7. The highest BCUT2D eigenvalue weighted by molar-refractivity contribution is 14.1. The molecule has 0 aliphatic rings. The number of unbranched alkanes of at least 4 members (excludes halogenated alkanes) is 7. The van der Waals surface area contributed by atoms with Gasteiger partial charge in [0.05, 0.1) is 0 Å². The van der Waals surface area contributed by atoms with Crippen LogP contribution in [0.4, 0.5) is 0 Å². The van der Waals surface area contributed by atoms with Crippen LogP contribution in [0.3, 0.4) is 0 Å². The summed E-state index contributed by atoms with van der Waals surface area (Å²) < 4.78 is 1.33. The second-order valence-electron chi connectivity index (χ2n) is 5.72. The molecule has 0 aromatic heterocycles. The van der Waals surface area contributed by atoms with Gasteiger partial charge in [-0.15, -0.1) is 0 Å². The Kier molecular flexibility index (Phi) is 9.58. The number of benzene rings is 1. The van der Waals surface area contributed by atoms with Gasteiger partial charge in [0.15, 0.2) is 0 Å². The summed E-state index contributed by atoms with van der Waals surface area (Å²) in [5.74, 6) is 0.720. The van der Waals surface area contributed by atoms with Crippen molar-refractivity contribution in [1.29, 1.82) is 0 Å².